The second-order valence-corrected chi connectivity index (χ2v) is 9.27. The van der Waals surface area contributed by atoms with Crippen LogP contribution in [0, 0.1) is 0 Å². The van der Waals surface area contributed by atoms with Crippen molar-refractivity contribution in [1.82, 2.24) is 10.2 Å². The van der Waals surface area contributed by atoms with Crippen LogP contribution in [0.25, 0.3) is 0 Å². The molecule has 1 N–H and O–H groups in total. The molecule has 0 fully saturated rings. The van der Waals surface area contributed by atoms with Gasteiger partial charge < -0.3 is 10.2 Å². The lowest BCUT2D eigenvalue weighted by Crippen LogP contribution is -2.50. The van der Waals surface area contributed by atoms with Crippen LogP contribution in [0.2, 0.25) is 10.0 Å². The van der Waals surface area contributed by atoms with E-state index in [1.165, 1.54) is 0 Å². The Labute approximate surface area is 193 Å². The van der Waals surface area contributed by atoms with Gasteiger partial charge in [-0.3, -0.25) is 9.59 Å². The van der Waals surface area contributed by atoms with Crippen molar-refractivity contribution in [3.63, 3.8) is 0 Å². The van der Waals surface area contributed by atoms with Crippen molar-refractivity contribution in [3.05, 3.63) is 64.1 Å². The first-order chi connectivity index (χ1) is 14.3. The number of nitrogens with one attached hydrogen (secondary N) is 1. The Bertz CT molecular complexity index is 846. The molecule has 0 aliphatic heterocycles. The van der Waals surface area contributed by atoms with Gasteiger partial charge in [0.2, 0.25) is 11.8 Å². The quantitative estimate of drug-likeness (QED) is 0.449. The topological polar surface area (TPSA) is 49.4 Å². The maximum absolute atomic E-state index is 13.2. The van der Waals surface area contributed by atoms with Gasteiger partial charge in [0.15, 0.2) is 0 Å². The zero-order chi connectivity index (χ0) is 22.1. The molecule has 0 unspecified atom stereocenters. The monoisotopic (exact) mass is 466 g/mol. The van der Waals surface area contributed by atoms with Crippen LogP contribution in [-0.2, 0) is 16.1 Å². The van der Waals surface area contributed by atoms with E-state index in [0.29, 0.717) is 28.6 Å². The minimum absolute atomic E-state index is 0.00346. The van der Waals surface area contributed by atoms with Crippen molar-refractivity contribution in [2.45, 2.75) is 57.1 Å². The second-order valence-electron chi connectivity index (χ2n) is 7.26. The van der Waals surface area contributed by atoms with E-state index in [1.807, 2.05) is 51.1 Å². The zero-order valence-electron chi connectivity index (χ0n) is 17.5. The van der Waals surface area contributed by atoms with Gasteiger partial charge in [-0.05, 0) is 50.1 Å². The maximum atomic E-state index is 13.2. The van der Waals surface area contributed by atoms with Gasteiger partial charge in [0.05, 0.1) is 0 Å². The molecule has 0 aliphatic rings. The second kappa shape index (κ2) is 12.2. The predicted octanol–water partition coefficient (Wildman–Crippen LogP) is 5.81. The van der Waals surface area contributed by atoms with Crippen molar-refractivity contribution in [2.75, 3.05) is 5.75 Å². The van der Waals surface area contributed by atoms with E-state index in [1.54, 1.807) is 34.9 Å². The van der Waals surface area contributed by atoms with E-state index >= 15 is 0 Å². The number of rotatable bonds is 10. The predicted molar refractivity (Wildman–Crippen MR) is 126 cm³/mol. The van der Waals surface area contributed by atoms with Crippen LogP contribution < -0.4 is 5.32 Å². The summed E-state index contributed by atoms with van der Waals surface area (Å²) in [5.74, 6) is 0.410. The minimum atomic E-state index is -0.562. The van der Waals surface area contributed by atoms with E-state index in [0.717, 1.165) is 10.5 Å². The third-order valence-electron chi connectivity index (χ3n) is 4.50. The number of thioether (sulfide) groups is 1. The van der Waals surface area contributed by atoms with E-state index in [-0.39, 0.29) is 24.4 Å². The van der Waals surface area contributed by atoms with Crippen molar-refractivity contribution in [1.29, 1.82) is 0 Å². The molecule has 0 bridgehead atoms. The number of benzene rings is 2. The van der Waals surface area contributed by atoms with Crippen molar-refractivity contribution in [2.24, 2.45) is 0 Å². The molecule has 0 saturated heterocycles. The van der Waals surface area contributed by atoms with E-state index < -0.39 is 6.04 Å². The summed E-state index contributed by atoms with van der Waals surface area (Å²) in [7, 11) is 0. The molecular formula is C23H28Cl2N2O2S. The standard InChI is InChI=1S/C23H28Cl2N2O2S/c1-4-21(23(29)26-16(2)3)27(15-17-10-11-18(24)14-20(17)25)22(28)12-13-30-19-8-6-5-7-9-19/h5-11,14,16,21H,4,12-13,15H2,1-3H3,(H,26,29)/t21-/m1/s1. The zero-order valence-corrected chi connectivity index (χ0v) is 19.9. The lowest BCUT2D eigenvalue weighted by atomic mass is 10.1. The number of halogens is 2. The van der Waals surface area contributed by atoms with Crippen molar-refractivity contribution in [3.8, 4) is 0 Å². The van der Waals surface area contributed by atoms with Crippen LogP contribution in [0.15, 0.2) is 53.4 Å². The van der Waals surface area contributed by atoms with Crippen LogP contribution in [0.5, 0.6) is 0 Å². The molecule has 0 radical (unpaired) electrons. The number of amides is 2. The fourth-order valence-corrected chi connectivity index (χ4v) is 4.38. The fraction of sp³-hybridized carbons (Fsp3) is 0.391. The Morgan fingerprint density at radius 2 is 1.80 bits per heavy atom. The molecule has 0 heterocycles. The van der Waals surface area contributed by atoms with Crippen LogP contribution in [0.3, 0.4) is 0 Å². The SMILES string of the molecule is CC[C@H](C(=O)NC(C)C)N(Cc1ccc(Cl)cc1Cl)C(=O)CCSc1ccccc1. The Hall–Kier alpha value is -1.69. The molecule has 30 heavy (non-hydrogen) atoms. The van der Waals surface area contributed by atoms with Gasteiger partial charge in [-0.15, -0.1) is 11.8 Å². The van der Waals surface area contributed by atoms with Gasteiger partial charge in [-0.25, -0.2) is 0 Å². The van der Waals surface area contributed by atoms with Gasteiger partial charge in [0.25, 0.3) is 0 Å². The number of carbonyl (C=O) groups excluding carboxylic acids is 2. The molecule has 0 saturated carbocycles. The maximum Gasteiger partial charge on any atom is 0.243 e. The van der Waals surface area contributed by atoms with E-state index in [4.69, 9.17) is 23.2 Å². The number of hydrogen-bond acceptors (Lipinski definition) is 3. The third kappa shape index (κ3) is 7.53. The Morgan fingerprint density at radius 1 is 1.10 bits per heavy atom. The van der Waals surface area contributed by atoms with Crippen LogP contribution >= 0.6 is 35.0 Å². The van der Waals surface area contributed by atoms with Gasteiger partial charge in [-0.1, -0.05) is 54.4 Å². The van der Waals surface area contributed by atoms with Gasteiger partial charge in [0.1, 0.15) is 6.04 Å². The lowest BCUT2D eigenvalue weighted by Gasteiger charge is -2.31. The van der Waals surface area contributed by atoms with E-state index in [9.17, 15) is 9.59 Å². The van der Waals surface area contributed by atoms with Crippen LogP contribution in [0.1, 0.15) is 39.2 Å². The molecule has 162 valence electrons. The molecule has 7 heteroatoms. The molecular weight excluding hydrogens is 439 g/mol. The average molecular weight is 467 g/mol. The minimum Gasteiger partial charge on any atom is -0.352 e. The van der Waals surface area contributed by atoms with Crippen molar-refractivity contribution >= 4 is 46.8 Å². The highest BCUT2D eigenvalue weighted by Gasteiger charge is 2.29. The first-order valence-corrected chi connectivity index (χ1v) is 11.8. The van der Waals surface area contributed by atoms with Gasteiger partial charge in [0, 0.05) is 39.7 Å². The summed E-state index contributed by atoms with van der Waals surface area (Å²) >= 11 is 14.0. The molecule has 1 atom stereocenters. The molecule has 2 aromatic rings. The summed E-state index contributed by atoms with van der Waals surface area (Å²) in [4.78, 5) is 28.7. The fourth-order valence-electron chi connectivity index (χ4n) is 3.05. The third-order valence-corrected chi connectivity index (χ3v) is 6.10. The summed E-state index contributed by atoms with van der Waals surface area (Å²) in [5.41, 5.74) is 0.765. The summed E-state index contributed by atoms with van der Waals surface area (Å²) < 4.78 is 0. The number of carbonyl (C=O) groups is 2. The summed E-state index contributed by atoms with van der Waals surface area (Å²) in [5, 5.41) is 3.95. The average Bonchev–Trinajstić information content (AvgIpc) is 2.69. The van der Waals surface area contributed by atoms with Gasteiger partial charge >= 0.3 is 0 Å². The highest BCUT2D eigenvalue weighted by atomic mass is 35.5. The summed E-state index contributed by atoms with van der Waals surface area (Å²) in [6, 6.07) is 14.6. The molecule has 2 amide bonds. The molecule has 0 spiro atoms. The number of hydrogen-bond donors (Lipinski definition) is 1. The highest BCUT2D eigenvalue weighted by molar-refractivity contribution is 7.99. The molecule has 0 aliphatic carbocycles. The Balaban J connectivity index is 2.17. The summed E-state index contributed by atoms with van der Waals surface area (Å²) in [6.07, 6.45) is 0.845. The van der Waals surface area contributed by atoms with E-state index in [2.05, 4.69) is 5.32 Å². The van der Waals surface area contributed by atoms with Crippen LogP contribution in [-0.4, -0.2) is 34.6 Å². The summed E-state index contributed by atoms with van der Waals surface area (Å²) in [6.45, 7) is 5.98. The first kappa shape index (κ1) is 24.6. The normalized spacial score (nSPS) is 11.9. The molecule has 2 rings (SSSR count). The first-order valence-electron chi connectivity index (χ1n) is 10.0. The van der Waals surface area contributed by atoms with Crippen LogP contribution in [0.4, 0.5) is 0 Å². The largest absolute Gasteiger partial charge is 0.352 e. The molecule has 4 nitrogen and oxygen atoms in total. The van der Waals surface area contributed by atoms with Gasteiger partial charge in [-0.2, -0.15) is 0 Å². The smallest absolute Gasteiger partial charge is 0.243 e. The number of nitrogens with zero attached hydrogens (tertiary/aromatic N) is 1. The highest BCUT2D eigenvalue weighted by Crippen LogP contribution is 2.25. The molecule has 2 aromatic carbocycles. The lowest BCUT2D eigenvalue weighted by molar-refractivity contribution is -0.141. The Morgan fingerprint density at radius 3 is 2.40 bits per heavy atom. The van der Waals surface area contributed by atoms with Crippen molar-refractivity contribution < 1.29 is 9.59 Å². The molecule has 0 aromatic heterocycles. The Kier molecular flexibility index (Phi) is 10.0.